The zero-order chi connectivity index (χ0) is 15.2. The number of likely N-dealkylation sites (tertiary alicyclic amines) is 1. The number of carbonyl (C=O) groups excluding carboxylic acids is 2. The molecule has 5 heteroatoms. The second-order valence-electron chi connectivity index (χ2n) is 6.65. The SMILES string of the molecule is CNCC1CCN(C(=O)CC(C)NC(=O)C2CCCC2)C1. The maximum Gasteiger partial charge on any atom is 0.224 e. The highest BCUT2D eigenvalue weighted by Gasteiger charge is 2.28. The van der Waals surface area contributed by atoms with Gasteiger partial charge in [0.25, 0.3) is 0 Å². The minimum atomic E-state index is -0.0612. The number of nitrogens with zero attached hydrogens (tertiary/aromatic N) is 1. The lowest BCUT2D eigenvalue weighted by Crippen LogP contribution is -2.40. The molecule has 5 nitrogen and oxygen atoms in total. The van der Waals surface area contributed by atoms with Gasteiger partial charge in [0.1, 0.15) is 0 Å². The summed E-state index contributed by atoms with van der Waals surface area (Å²) in [5.41, 5.74) is 0. The Bertz CT molecular complexity index is 367. The van der Waals surface area contributed by atoms with E-state index in [-0.39, 0.29) is 23.8 Å². The number of carbonyl (C=O) groups is 2. The number of hydrogen-bond donors (Lipinski definition) is 2. The van der Waals surface area contributed by atoms with Crippen molar-refractivity contribution in [1.29, 1.82) is 0 Å². The highest BCUT2D eigenvalue weighted by atomic mass is 16.2. The first-order valence-corrected chi connectivity index (χ1v) is 8.33. The second kappa shape index (κ2) is 7.78. The maximum absolute atomic E-state index is 12.3. The summed E-state index contributed by atoms with van der Waals surface area (Å²) in [6, 6.07) is -0.0612. The lowest BCUT2D eigenvalue weighted by molar-refractivity contribution is -0.131. The van der Waals surface area contributed by atoms with E-state index in [1.54, 1.807) is 0 Å². The molecule has 0 aromatic carbocycles. The predicted molar refractivity (Wildman–Crippen MR) is 82.8 cm³/mol. The van der Waals surface area contributed by atoms with Crippen LogP contribution in [0.1, 0.15) is 45.4 Å². The summed E-state index contributed by atoms with van der Waals surface area (Å²) in [7, 11) is 1.95. The van der Waals surface area contributed by atoms with E-state index in [1.807, 2.05) is 18.9 Å². The Kier molecular flexibility index (Phi) is 6.03. The summed E-state index contributed by atoms with van der Waals surface area (Å²) in [4.78, 5) is 26.3. The van der Waals surface area contributed by atoms with Gasteiger partial charge < -0.3 is 15.5 Å². The quantitative estimate of drug-likeness (QED) is 0.772. The fourth-order valence-electron chi connectivity index (χ4n) is 3.51. The molecule has 2 atom stereocenters. The molecule has 1 saturated heterocycles. The Morgan fingerprint density at radius 2 is 1.95 bits per heavy atom. The van der Waals surface area contributed by atoms with Gasteiger partial charge in [-0.05, 0) is 45.7 Å². The van der Waals surface area contributed by atoms with Crippen molar-refractivity contribution in [2.45, 2.75) is 51.5 Å². The molecule has 1 aliphatic heterocycles. The van der Waals surface area contributed by atoms with E-state index in [2.05, 4.69) is 10.6 Å². The lowest BCUT2D eigenvalue weighted by Gasteiger charge is -2.21. The fourth-order valence-corrected chi connectivity index (χ4v) is 3.51. The molecular weight excluding hydrogens is 266 g/mol. The van der Waals surface area contributed by atoms with Gasteiger partial charge in [0.15, 0.2) is 0 Å². The highest BCUT2D eigenvalue weighted by molar-refractivity contribution is 5.81. The van der Waals surface area contributed by atoms with Crippen LogP contribution in [0.3, 0.4) is 0 Å². The van der Waals surface area contributed by atoms with Crippen LogP contribution >= 0.6 is 0 Å². The summed E-state index contributed by atoms with van der Waals surface area (Å²) in [6.07, 6.45) is 5.83. The van der Waals surface area contributed by atoms with Crippen LogP contribution in [0.15, 0.2) is 0 Å². The van der Waals surface area contributed by atoms with E-state index >= 15 is 0 Å². The Balaban J connectivity index is 1.70. The molecule has 0 bridgehead atoms. The van der Waals surface area contributed by atoms with E-state index in [1.165, 1.54) is 0 Å². The zero-order valence-corrected chi connectivity index (χ0v) is 13.4. The maximum atomic E-state index is 12.3. The summed E-state index contributed by atoms with van der Waals surface area (Å²) in [5, 5.41) is 6.19. The molecule has 2 rings (SSSR count). The van der Waals surface area contributed by atoms with Crippen molar-refractivity contribution in [3.8, 4) is 0 Å². The van der Waals surface area contributed by atoms with Crippen LogP contribution in [0.4, 0.5) is 0 Å². The summed E-state index contributed by atoms with van der Waals surface area (Å²) in [6.45, 7) is 4.61. The van der Waals surface area contributed by atoms with E-state index in [0.717, 1.165) is 51.7 Å². The van der Waals surface area contributed by atoms with E-state index in [4.69, 9.17) is 0 Å². The first-order chi connectivity index (χ1) is 10.1. The van der Waals surface area contributed by atoms with Crippen molar-refractivity contribution in [2.24, 2.45) is 11.8 Å². The van der Waals surface area contributed by atoms with Gasteiger partial charge in [0, 0.05) is 31.5 Å². The average molecular weight is 295 g/mol. The molecule has 2 N–H and O–H groups in total. The Morgan fingerprint density at radius 3 is 2.62 bits per heavy atom. The van der Waals surface area contributed by atoms with Crippen molar-refractivity contribution in [2.75, 3.05) is 26.7 Å². The molecule has 21 heavy (non-hydrogen) atoms. The smallest absolute Gasteiger partial charge is 0.224 e. The van der Waals surface area contributed by atoms with E-state index in [0.29, 0.717) is 12.3 Å². The average Bonchev–Trinajstić information content (AvgIpc) is 3.10. The molecule has 0 aromatic heterocycles. The van der Waals surface area contributed by atoms with Gasteiger partial charge in [0.2, 0.25) is 11.8 Å². The van der Waals surface area contributed by atoms with Gasteiger partial charge in [-0.2, -0.15) is 0 Å². The Morgan fingerprint density at radius 1 is 1.24 bits per heavy atom. The van der Waals surface area contributed by atoms with Crippen LogP contribution in [0.25, 0.3) is 0 Å². The van der Waals surface area contributed by atoms with Gasteiger partial charge in [0.05, 0.1) is 0 Å². The van der Waals surface area contributed by atoms with Crippen LogP contribution < -0.4 is 10.6 Å². The van der Waals surface area contributed by atoms with Crippen molar-refractivity contribution < 1.29 is 9.59 Å². The summed E-state index contributed by atoms with van der Waals surface area (Å²) >= 11 is 0. The lowest BCUT2D eigenvalue weighted by atomic mass is 10.1. The standard InChI is InChI=1S/C16H29N3O2/c1-12(18-16(21)14-5-3-4-6-14)9-15(20)19-8-7-13(11-19)10-17-2/h12-14,17H,3-11H2,1-2H3,(H,18,21). The molecule has 0 aromatic rings. The molecule has 1 aliphatic carbocycles. The number of nitrogens with one attached hydrogen (secondary N) is 2. The molecule has 2 aliphatic rings. The van der Waals surface area contributed by atoms with Gasteiger partial charge in [-0.1, -0.05) is 12.8 Å². The van der Waals surface area contributed by atoms with Crippen molar-refractivity contribution in [3.63, 3.8) is 0 Å². The van der Waals surface area contributed by atoms with Crippen molar-refractivity contribution in [3.05, 3.63) is 0 Å². The molecule has 2 amide bonds. The number of amides is 2. The van der Waals surface area contributed by atoms with Gasteiger partial charge in [-0.25, -0.2) is 0 Å². The molecule has 0 spiro atoms. The normalized spacial score (nSPS) is 24.3. The third-order valence-corrected chi connectivity index (χ3v) is 4.73. The van der Waals surface area contributed by atoms with Gasteiger partial charge in [-0.15, -0.1) is 0 Å². The number of rotatable bonds is 6. The minimum absolute atomic E-state index is 0.0612. The largest absolute Gasteiger partial charge is 0.353 e. The van der Waals surface area contributed by atoms with Crippen LogP contribution in [-0.2, 0) is 9.59 Å². The summed E-state index contributed by atoms with van der Waals surface area (Å²) < 4.78 is 0. The van der Waals surface area contributed by atoms with Gasteiger partial charge in [-0.3, -0.25) is 9.59 Å². The third kappa shape index (κ3) is 4.70. The van der Waals surface area contributed by atoms with Crippen molar-refractivity contribution in [1.82, 2.24) is 15.5 Å². The molecule has 1 heterocycles. The second-order valence-corrected chi connectivity index (χ2v) is 6.65. The number of hydrogen-bond acceptors (Lipinski definition) is 3. The topological polar surface area (TPSA) is 61.4 Å². The van der Waals surface area contributed by atoms with Crippen LogP contribution in [0, 0.1) is 11.8 Å². The van der Waals surface area contributed by atoms with E-state index in [9.17, 15) is 9.59 Å². The molecule has 2 unspecified atom stereocenters. The van der Waals surface area contributed by atoms with Crippen LogP contribution in [0.2, 0.25) is 0 Å². The van der Waals surface area contributed by atoms with Crippen LogP contribution in [-0.4, -0.2) is 49.4 Å². The van der Waals surface area contributed by atoms with Crippen molar-refractivity contribution >= 4 is 11.8 Å². The monoisotopic (exact) mass is 295 g/mol. The first-order valence-electron chi connectivity index (χ1n) is 8.33. The molecule has 0 radical (unpaired) electrons. The molecular formula is C16H29N3O2. The zero-order valence-electron chi connectivity index (χ0n) is 13.4. The van der Waals surface area contributed by atoms with Gasteiger partial charge >= 0.3 is 0 Å². The van der Waals surface area contributed by atoms with Crippen LogP contribution in [0.5, 0.6) is 0 Å². The Hall–Kier alpha value is -1.10. The summed E-state index contributed by atoms with van der Waals surface area (Å²) in [5.74, 6) is 1.06. The fraction of sp³-hybridized carbons (Fsp3) is 0.875. The highest BCUT2D eigenvalue weighted by Crippen LogP contribution is 2.25. The third-order valence-electron chi connectivity index (χ3n) is 4.73. The molecule has 1 saturated carbocycles. The minimum Gasteiger partial charge on any atom is -0.353 e. The predicted octanol–water partition coefficient (Wildman–Crippen LogP) is 1.14. The first kappa shape index (κ1) is 16.3. The van der Waals surface area contributed by atoms with E-state index < -0.39 is 0 Å². The Labute approximate surface area is 127 Å². The molecule has 2 fully saturated rings. The molecule has 120 valence electrons.